The highest BCUT2D eigenvalue weighted by molar-refractivity contribution is 7.34. The van der Waals surface area contributed by atoms with Crippen molar-refractivity contribution in [3.8, 4) is 0 Å². The minimum atomic E-state index is -1.18. The molecule has 0 aromatic carbocycles. The Morgan fingerprint density at radius 1 is 1.60 bits per heavy atom. The van der Waals surface area contributed by atoms with Crippen LogP contribution in [0.4, 0.5) is 0 Å². The van der Waals surface area contributed by atoms with Gasteiger partial charge in [-0.25, -0.2) is 0 Å². The molecule has 0 heterocycles. The summed E-state index contributed by atoms with van der Waals surface area (Å²) in [6.07, 6.45) is 8.44. The van der Waals surface area contributed by atoms with Crippen molar-refractivity contribution < 1.29 is 0 Å². The predicted molar refractivity (Wildman–Crippen MR) is 50.0 cm³/mol. The maximum absolute atomic E-state index is 5.62. The summed E-state index contributed by atoms with van der Waals surface area (Å²) in [6, 6.07) is 0. The van der Waals surface area contributed by atoms with Crippen LogP contribution in [0.5, 0.6) is 0 Å². The van der Waals surface area contributed by atoms with Crippen molar-refractivity contribution in [1.82, 2.24) is 0 Å². The topological polar surface area (TPSA) is 0 Å². The van der Waals surface area contributed by atoms with Gasteiger partial charge in [-0.3, -0.25) is 0 Å². The summed E-state index contributed by atoms with van der Waals surface area (Å²) in [6.45, 7) is 0. The van der Waals surface area contributed by atoms with E-state index in [9.17, 15) is 0 Å². The monoisotopic (exact) mass is 190 g/mol. The van der Waals surface area contributed by atoms with Gasteiger partial charge < -0.3 is 0 Å². The number of allylic oxidation sites excluding steroid dienone is 4. The van der Waals surface area contributed by atoms with E-state index in [2.05, 4.69) is 18.2 Å². The molecule has 0 amide bonds. The molecule has 0 aromatic rings. The smallest absolute Gasteiger partial charge is 0.118 e. The Morgan fingerprint density at radius 2 is 2.40 bits per heavy atom. The van der Waals surface area contributed by atoms with Gasteiger partial charge in [0, 0.05) is 0 Å². The molecule has 3 heteroatoms. The summed E-state index contributed by atoms with van der Waals surface area (Å²) >= 11 is 11.2. The van der Waals surface area contributed by atoms with Crippen LogP contribution in [-0.4, -0.2) is 12.7 Å². The third kappa shape index (κ3) is 2.82. The van der Waals surface area contributed by atoms with Gasteiger partial charge in [0.05, 0.1) is 0 Å². The van der Waals surface area contributed by atoms with Gasteiger partial charge in [-0.2, -0.15) is 0 Å². The summed E-state index contributed by atoms with van der Waals surface area (Å²) in [4.78, 5) is 0. The van der Waals surface area contributed by atoms with E-state index in [0.29, 0.717) is 0 Å². The molecule has 1 rings (SSSR count). The van der Waals surface area contributed by atoms with Crippen molar-refractivity contribution in [2.75, 3.05) is 0 Å². The largest absolute Gasteiger partial charge is 0.228 e. The van der Waals surface area contributed by atoms with E-state index >= 15 is 0 Å². The third-order valence-corrected chi connectivity index (χ3v) is 2.78. The molecular formula is C7H8Cl2Si. The summed E-state index contributed by atoms with van der Waals surface area (Å²) in [5, 5.41) is 0. The van der Waals surface area contributed by atoms with E-state index in [0.717, 1.165) is 12.8 Å². The van der Waals surface area contributed by atoms with Crippen LogP contribution in [0.3, 0.4) is 0 Å². The molecule has 0 saturated heterocycles. The van der Waals surface area contributed by atoms with Crippen molar-refractivity contribution in [2.24, 2.45) is 0 Å². The second-order valence-electron chi connectivity index (χ2n) is 2.12. The van der Waals surface area contributed by atoms with Crippen LogP contribution in [0.2, 0.25) is 0 Å². The first-order valence-electron chi connectivity index (χ1n) is 3.16. The number of hydrogen-bond donors (Lipinski definition) is 0. The molecule has 0 saturated carbocycles. The first-order valence-corrected chi connectivity index (χ1v) is 6.76. The average Bonchev–Trinajstić information content (AvgIpc) is 2.34. The van der Waals surface area contributed by atoms with Crippen molar-refractivity contribution in [3.63, 3.8) is 0 Å². The van der Waals surface area contributed by atoms with E-state index in [4.69, 9.17) is 22.2 Å². The molecule has 1 aliphatic carbocycles. The highest BCUT2D eigenvalue weighted by atomic mass is 35.7. The van der Waals surface area contributed by atoms with Gasteiger partial charge in [0.15, 0.2) is 0 Å². The van der Waals surface area contributed by atoms with Crippen molar-refractivity contribution in [1.29, 1.82) is 0 Å². The summed E-state index contributed by atoms with van der Waals surface area (Å²) in [7, 11) is -1.18. The lowest BCUT2D eigenvalue weighted by molar-refractivity contribution is 1.38. The zero-order valence-electron chi connectivity index (χ0n) is 5.48. The molecule has 0 aromatic heterocycles. The van der Waals surface area contributed by atoms with Gasteiger partial charge in [0.2, 0.25) is 7.03 Å². The maximum Gasteiger partial charge on any atom is 0.228 e. The predicted octanol–water partition coefficient (Wildman–Crippen LogP) is 2.61. The molecule has 10 heavy (non-hydrogen) atoms. The normalized spacial score (nSPS) is 15.2. The van der Waals surface area contributed by atoms with Crippen LogP contribution in [0.1, 0.15) is 12.8 Å². The van der Waals surface area contributed by atoms with Crippen LogP contribution in [-0.2, 0) is 0 Å². The molecule has 0 spiro atoms. The molecule has 0 fully saturated rings. The Kier molecular flexibility index (Phi) is 3.39. The lowest BCUT2D eigenvalue weighted by atomic mass is 10.2. The first-order chi connectivity index (χ1) is 4.79. The van der Waals surface area contributed by atoms with Gasteiger partial charge in [0.1, 0.15) is 0 Å². The lowest BCUT2D eigenvalue weighted by Crippen LogP contribution is -1.86. The van der Waals surface area contributed by atoms with Crippen molar-refractivity contribution >= 4 is 34.9 Å². The lowest BCUT2D eigenvalue weighted by Gasteiger charge is -1.89. The zero-order chi connectivity index (χ0) is 7.40. The van der Waals surface area contributed by atoms with Crippen molar-refractivity contribution in [3.05, 3.63) is 23.8 Å². The maximum atomic E-state index is 5.62. The molecular weight excluding hydrogens is 183 g/mol. The molecule has 0 N–H and O–H groups in total. The van der Waals surface area contributed by atoms with Gasteiger partial charge in [-0.15, -0.1) is 22.2 Å². The summed E-state index contributed by atoms with van der Waals surface area (Å²) in [5.74, 6) is 0. The first kappa shape index (κ1) is 8.25. The number of rotatable bonds is 2. The van der Waals surface area contributed by atoms with Crippen LogP contribution < -0.4 is 0 Å². The van der Waals surface area contributed by atoms with Gasteiger partial charge in [-0.05, 0) is 18.4 Å². The number of halogens is 2. The van der Waals surface area contributed by atoms with Gasteiger partial charge >= 0.3 is 0 Å². The Hall–Kier alpha value is 0.147. The molecule has 0 bridgehead atoms. The van der Waals surface area contributed by atoms with Gasteiger partial charge in [-0.1, -0.05) is 23.9 Å². The average molecular weight is 191 g/mol. The fourth-order valence-electron chi connectivity index (χ4n) is 0.853. The van der Waals surface area contributed by atoms with Crippen LogP contribution in [0, 0.1) is 0 Å². The molecule has 54 valence electrons. The molecule has 0 unspecified atom stereocenters. The fraction of sp³-hybridized carbons (Fsp3) is 0.286. The Labute approximate surface area is 71.8 Å². The summed E-state index contributed by atoms with van der Waals surface area (Å²) in [5.41, 5.74) is 3.32. The van der Waals surface area contributed by atoms with Crippen molar-refractivity contribution in [2.45, 2.75) is 12.8 Å². The SMILES string of the molecule is Cl[Si](Cl)=CCC1=CCC=C1. The third-order valence-electron chi connectivity index (χ3n) is 1.34. The summed E-state index contributed by atoms with van der Waals surface area (Å²) < 4.78 is 0. The highest BCUT2D eigenvalue weighted by Gasteiger charge is 1.95. The van der Waals surface area contributed by atoms with E-state index < -0.39 is 7.03 Å². The minimum Gasteiger partial charge on any atom is -0.118 e. The highest BCUT2D eigenvalue weighted by Crippen LogP contribution is 2.10. The molecule has 0 radical (unpaired) electrons. The van der Waals surface area contributed by atoms with E-state index in [1.165, 1.54) is 5.57 Å². The minimum absolute atomic E-state index is 0.928. The van der Waals surface area contributed by atoms with E-state index in [-0.39, 0.29) is 0 Å². The Morgan fingerprint density at radius 3 is 2.90 bits per heavy atom. The van der Waals surface area contributed by atoms with Gasteiger partial charge in [0.25, 0.3) is 0 Å². The standard InChI is InChI=1S/C7H8Cl2Si/c8-10(9)6-5-7-3-1-2-4-7/h1,3-4,6H,2,5H2. The molecule has 0 aliphatic heterocycles. The van der Waals surface area contributed by atoms with Crippen LogP contribution in [0.25, 0.3) is 0 Å². The number of hydrogen-bond acceptors (Lipinski definition) is 0. The molecule has 0 atom stereocenters. The fourth-order valence-corrected chi connectivity index (χ4v) is 1.71. The van der Waals surface area contributed by atoms with Crippen LogP contribution in [0.15, 0.2) is 23.8 Å². The second kappa shape index (κ2) is 4.11. The zero-order valence-corrected chi connectivity index (χ0v) is 7.99. The Bertz CT molecular complexity index is 200. The molecule has 0 nitrogen and oxygen atoms in total. The molecule has 1 aliphatic rings. The van der Waals surface area contributed by atoms with Crippen LogP contribution >= 0.6 is 22.2 Å². The quantitative estimate of drug-likeness (QED) is 0.465. The van der Waals surface area contributed by atoms with E-state index in [1.807, 2.05) is 5.67 Å². The Balaban J connectivity index is 2.39. The second-order valence-corrected chi connectivity index (χ2v) is 6.13. The van der Waals surface area contributed by atoms with E-state index in [1.54, 1.807) is 0 Å².